The predicted octanol–water partition coefficient (Wildman–Crippen LogP) is 3.26. The zero-order chi connectivity index (χ0) is 18.9. The summed E-state index contributed by atoms with van der Waals surface area (Å²) in [6.07, 6.45) is 4.70. The van der Waals surface area contributed by atoms with E-state index in [-0.39, 0.29) is 5.91 Å². The van der Waals surface area contributed by atoms with E-state index in [0.717, 1.165) is 17.7 Å². The molecule has 0 atom stereocenters. The normalized spacial score (nSPS) is 10.3. The summed E-state index contributed by atoms with van der Waals surface area (Å²) in [6.45, 7) is 1.15. The van der Waals surface area contributed by atoms with Crippen molar-refractivity contribution in [2.24, 2.45) is 0 Å². The number of aromatic nitrogens is 1. The smallest absolute Gasteiger partial charge is 0.224 e. The highest BCUT2D eigenvalue weighted by Gasteiger charge is 2.12. The van der Waals surface area contributed by atoms with Gasteiger partial charge in [0.1, 0.15) is 11.5 Å². The fourth-order valence-corrected chi connectivity index (χ4v) is 2.70. The van der Waals surface area contributed by atoms with Crippen LogP contribution in [0.5, 0.6) is 11.5 Å². The molecule has 0 aliphatic rings. The maximum absolute atomic E-state index is 12.3. The van der Waals surface area contributed by atoms with Crippen molar-refractivity contribution in [1.82, 2.24) is 9.88 Å². The standard InChI is InChI=1S/C19H24ClN3O3/c1-23(11-7-14-4-8-21-9-5-14)19(24)6-10-22-16-13-17(25-2)15(20)12-18(16)26-3/h4-5,8-9,12-13,22H,6-7,10-11H2,1-3H3. The van der Waals surface area contributed by atoms with Crippen LogP contribution < -0.4 is 14.8 Å². The Morgan fingerprint density at radius 3 is 2.54 bits per heavy atom. The van der Waals surface area contributed by atoms with Crippen LogP contribution in [0.15, 0.2) is 36.7 Å². The van der Waals surface area contributed by atoms with Crippen molar-refractivity contribution in [2.75, 3.05) is 39.7 Å². The highest BCUT2D eigenvalue weighted by atomic mass is 35.5. The average Bonchev–Trinajstić information content (AvgIpc) is 2.67. The molecular formula is C19H24ClN3O3. The van der Waals surface area contributed by atoms with Crippen LogP contribution in [-0.4, -0.2) is 50.1 Å². The van der Waals surface area contributed by atoms with E-state index in [1.807, 2.05) is 19.2 Å². The van der Waals surface area contributed by atoms with E-state index < -0.39 is 0 Å². The summed E-state index contributed by atoms with van der Waals surface area (Å²) in [7, 11) is 4.94. The van der Waals surface area contributed by atoms with Crippen LogP contribution in [0.2, 0.25) is 5.02 Å². The lowest BCUT2D eigenvalue weighted by atomic mass is 10.2. The largest absolute Gasteiger partial charge is 0.495 e. The topological polar surface area (TPSA) is 63.7 Å². The quantitative estimate of drug-likeness (QED) is 0.726. The monoisotopic (exact) mass is 377 g/mol. The molecule has 2 rings (SSSR count). The van der Waals surface area contributed by atoms with E-state index in [9.17, 15) is 4.79 Å². The van der Waals surface area contributed by atoms with Crippen LogP contribution >= 0.6 is 11.6 Å². The van der Waals surface area contributed by atoms with E-state index in [4.69, 9.17) is 21.1 Å². The molecule has 2 aromatic rings. The minimum absolute atomic E-state index is 0.0754. The van der Waals surface area contributed by atoms with Gasteiger partial charge in [0.05, 0.1) is 24.9 Å². The molecule has 7 heteroatoms. The van der Waals surface area contributed by atoms with Gasteiger partial charge in [0.15, 0.2) is 0 Å². The number of likely N-dealkylation sites (N-methyl/N-ethyl adjacent to an activating group) is 1. The third-order valence-corrected chi connectivity index (χ3v) is 4.33. The molecule has 0 radical (unpaired) electrons. The number of nitrogens with zero attached hydrogens (tertiary/aromatic N) is 2. The van der Waals surface area contributed by atoms with Crippen molar-refractivity contribution >= 4 is 23.2 Å². The third-order valence-electron chi connectivity index (χ3n) is 4.04. The Bertz CT molecular complexity index is 725. The van der Waals surface area contributed by atoms with Crippen molar-refractivity contribution in [2.45, 2.75) is 12.8 Å². The number of nitrogens with one attached hydrogen (secondary N) is 1. The van der Waals surface area contributed by atoms with Crippen LogP contribution in [0.3, 0.4) is 0 Å². The summed E-state index contributed by atoms with van der Waals surface area (Å²) < 4.78 is 10.5. The second-order valence-electron chi connectivity index (χ2n) is 5.78. The number of anilines is 1. The summed E-state index contributed by atoms with van der Waals surface area (Å²) in [4.78, 5) is 18.0. The van der Waals surface area contributed by atoms with Gasteiger partial charge in [-0.25, -0.2) is 0 Å². The number of hydrogen-bond donors (Lipinski definition) is 1. The Hall–Kier alpha value is -2.47. The summed E-state index contributed by atoms with van der Waals surface area (Å²) in [6, 6.07) is 7.37. The van der Waals surface area contributed by atoms with Crippen molar-refractivity contribution in [3.05, 3.63) is 47.2 Å². The molecule has 0 fully saturated rings. The van der Waals surface area contributed by atoms with E-state index >= 15 is 0 Å². The number of carbonyl (C=O) groups excluding carboxylic acids is 1. The Morgan fingerprint density at radius 1 is 1.19 bits per heavy atom. The number of hydrogen-bond acceptors (Lipinski definition) is 5. The molecule has 1 amide bonds. The van der Waals surface area contributed by atoms with Gasteiger partial charge in [-0.05, 0) is 24.1 Å². The number of halogens is 1. The van der Waals surface area contributed by atoms with Gasteiger partial charge in [0, 0.05) is 51.1 Å². The van der Waals surface area contributed by atoms with E-state index in [1.165, 1.54) is 0 Å². The first-order valence-corrected chi connectivity index (χ1v) is 8.71. The zero-order valence-electron chi connectivity index (χ0n) is 15.3. The van der Waals surface area contributed by atoms with Gasteiger partial charge in [-0.2, -0.15) is 0 Å². The fraction of sp³-hybridized carbons (Fsp3) is 0.368. The Balaban J connectivity index is 1.84. The lowest BCUT2D eigenvalue weighted by molar-refractivity contribution is -0.129. The van der Waals surface area contributed by atoms with Crippen molar-refractivity contribution < 1.29 is 14.3 Å². The number of amides is 1. The number of ether oxygens (including phenoxy) is 2. The lowest BCUT2D eigenvalue weighted by Gasteiger charge is -2.18. The third kappa shape index (κ3) is 5.52. The van der Waals surface area contributed by atoms with Gasteiger partial charge in [0.2, 0.25) is 5.91 Å². The van der Waals surface area contributed by atoms with Crippen molar-refractivity contribution in [3.8, 4) is 11.5 Å². The van der Waals surface area contributed by atoms with Gasteiger partial charge >= 0.3 is 0 Å². The molecule has 0 bridgehead atoms. The fourth-order valence-electron chi connectivity index (χ4n) is 2.46. The molecule has 0 aliphatic heterocycles. The lowest BCUT2D eigenvalue weighted by Crippen LogP contribution is -2.30. The molecule has 1 aromatic heterocycles. The molecule has 0 unspecified atom stereocenters. The minimum Gasteiger partial charge on any atom is -0.495 e. The molecule has 0 saturated carbocycles. The molecule has 140 valence electrons. The first-order chi connectivity index (χ1) is 12.5. The predicted molar refractivity (Wildman–Crippen MR) is 103 cm³/mol. The molecule has 0 saturated heterocycles. The zero-order valence-corrected chi connectivity index (χ0v) is 16.0. The van der Waals surface area contributed by atoms with E-state index in [2.05, 4.69) is 10.3 Å². The van der Waals surface area contributed by atoms with Gasteiger partial charge in [-0.15, -0.1) is 0 Å². The molecule has 1 heterocycles. The Morgan fingerprint density at radius 2 is 1.88 bits per heavy atom. The van der Waals surface area contributed by atoms with Gasteiger partial charge in [-0.3, -0.25) is 9.78 Å². The van der Waals surface area contributed by atoms with Crippen LogP contribution in [0.1, 0.15) is 12.0 Å². The maximum Gasteiger partial charge on any atom is 0.224 e. The number of carbonyl (C=O) groups is 1. The first kappa shape index (κ1) is 19.8. The number of methoxy groups -OCH3 is 2. The van der Waals surface area contributed by atoms with Crippen LogP contribution in [-0.2, 0) is 11.2 Å². The van der Waals surface area contributed by atoms with Crippen LogP contribution in [0, 0.1) is 0 Å². The summed E-state index contributed by atoms with van der Waals surface area (Å²) in [5.74, 6) is 1.23. The van der Waals surface area contributed by atoms with Crippen LogP contribution in [0.4, 0.5) is 5.69 Å². The van der Waals surface area contributed by atoms with E-state index in [0.29, 0.717) is 36.0 Å². The Labute approximate surface area is 159 Å². The molecule has 26 heavy (non-hydrogen) atoms. The molecule has 0 aliphatic carbocycles. The highest BCUT2D eigenvalue weighted by molar-refractivity contribution is 6.32. The summed E-state index contributed by atoms with van der Waals surface area (Å²) in [5, 5.41) is 3.68. The number of pyridine rings is 1. The molecular weight excluding hydrogens is 354 g/mol. The van der Waals surface area contributed by atoms with Crippen LogP contribution in [0.25, 0.3) is 0 Å². The molecule has 6 nitrogen and oxygen atoms in total. The average molecular weight is 378 g/mol. The second-order valence-corrected chi connectivity index (χ2v) is 6.19. The van der Waals surface area contributed by atoms with Crippen molar-refractivity contribution in [3.63, 3.8) is 0 Å². The Kier molecular flexibility index (Phi) is 7.53. The number of rotatable bonds is 9. The highest BCUT2D eigenvalue weighted by Crippen LogP contribution is 2.35. The summed E-state index contributed by atoms with van der Waals surface area (Å²) in [5.41, 5.74) is 1.90. The molecule has 0 spiro atoms. The van der Waals surface area contributed by atoms with Gasteiger partial charge in [-0.1, -0.05) is 11.6 Å². The number of benzene rings is 1. The van der Waals surface area contributed by atoms with E-state index in [1.54, 1.807) is 43.6 Å². The first-order valence-electron chi connectivity index (χ1n) is 8.33. The SMILES string of the molecule is COc1cc(NCCC(=O)N(C)CCc2ccncc2)c(OC)cc1Cl. The molecule has 1 aromatic carbocycles. The second kappa shape index (κ2) is 9.87. The van der Waals surface area contributed by atoms with Crippen molar-refractivity contribution in [1.29, 1.82) is 0 Å². The van der Waals surface area contributed by atoms with Gasteiger partial charge < -0.3 is 19.7 Å². The minimum atomic E-state index is 0.0754. The summed E-state index contributed by atoms with van der Waals surface area (Å²) >= 11 is 6.09. The van der Waals surface area contributed by atoms with Gasteiger partial charge in [0.25, 0.3) is 0 Å². The maximum atomic E-state index is 12.3. The molecule has 1 N–H and O–H groups in total.